The summed E-state index contributed by atoms with van der Waals surface area (Å²) >= 11 is 0. The Labute approximate surface area is 175 Å². The van der Waals surface area contributed by atoms with Crippen molar-refractivity contribution in [1.82, 2.24) is 9.80 Å². The minimum atomic E-state index is -0.831. The number of benzene rings is 1. The first kappa shape index (κ1) is 21.4. The number of Topliss-reactive ketones (excluding diaryl/α,β-unsaturated/α-hetero) is 1. The second-order valence-corrected chi connectivity index (χ2v) is 7.23. The molecule has 0 aliphatic carbocycles. The third-order valence-corrected chi connectivity index (χ3v) is 5.03. The molecule has 1 aromatic carbocycles. The van der Waals surface area contributed by atoms with Crippen LogP contribution >= 0.6 is 0 Å². The lowest BCUT2D eigenvalue weighted by Gasteiger charge is -2.28. The van der Waals surface area contributed by atoms with Gasteiger partial charge in [-0.25, -0.2) is 0 Å². The maximum Gasteiger partial charge on any atom is 0.290 e. The van der Waals surface area contributed by atoms with Crippen LogP contribution in [0.15, 0.2) is 52.3 Å². The number of nitrogens with zero attached hydrogens (tertiary/aromatic N) is 2. The Morgan fingerprint density at radius 3 is 2.60 bits per heavy atom. The molecule has 1 aliphatic rings. The van der Waals surface area contributed by atoms with E-state index in [9.17, 15) is 14.7 Å². The number of hydrogen-bond acceptors (Lipinski definition) is 7. The van der Waals surface area contributed by atoms with Crippen LogP contribution < -0.4 is 9.47 Å². The van der Waals surface area contributed by atoms with Crippen LogP contribution in [0.1, 0.15) is 28.6 Å². The third kappa shape index (κ3) is 4.04. The molecule has 1 amide bonds. The van der Waals surface area contributed by atoms with Crippen molar-refractivity contribution >= 4 is 11.7 Å². The highest BCUT2D eigenvalue weighted by Gasteiger charge is 2.45. The largest absolute Gasteiger partial charge is 0.503 e. The van der Waals surface area contributed by atoms with E-state index >= 15 is 0 Å². The fourth-order valence-electron chi connectivity index (χ4n) is 3.59. The van der Waals surface area contributed by atoms with Crippen LogP contribution in [0.2, 0.25) is 0 Å². The lowest BCUT2D eigenvalue weighted by Crippen LogP contribution is -2.33. The molecular formula is C22H26N2O6. The van der Waals surface area contributed by atoms with Crippen molar-refractivity contribution in [2.75, 3.05) is 41.4 Å². The fourth-order valence-corrected chi connectivity index (χ4v) is 3.59. The highest BCUT2D eigenvalue weighted by Crippen LogP contribution is 2.43. The Kier molecular flexibility index (Phi) is 6.47. The Morgan fingerprint density at radius 1 is 1.23 bits per heavy atom. The summed E-state index contributed by atoms with van der Waals surface area (Å²) in [5.74, 6) is -0.648. The first-order valence-corrected chi connectivity index (χ1v) is 9.58. The summed E-state index contributed by atoms with van der Waals surface area (Å²) in [6.07, 6.45) is 2.04. The number of ketones is 1. The van der Waals surface area contributed by atoms with E-state index < -0.39 is 23.5 Å². The number of methoxy groups -OCH3 is 2. The number of aliphatic hydroxyl groups excluding tert-OH is 1. The highest BCUT2D eigenvalue weighted by atomic mass is 16.5. The summed E-state index contributed by atoms with van der Waals surface area (Å²) in [4.78, 5) is 29.6. The predicted molar refractivity (Wildman–Crippen MR) is 110 cm³/mol. The van der Waals surface area contributed by atoms with E-state index in [1.54, 1.807) is 24.3 Å². The van der Waals surface area contributed by atoms with Gasteiger partial charge >= 0.3 is 0 Å². The van der Waals surface area contributed by atoms with Gasteiger partial charge in [-0.05, 0) is 57.4 Å². The SMILES string of the molecule is COc1ccc(OC)c([C@@H]2C(C(=O)c3ccco3)=C(O)C(=O)N2CCCN(C)C)c1. The monoisotopic (exact) mass is 414 g/mol. The van der Waals surface area contributed by atoms with E-state index in [0.717, 1.165) is 6.54 Å². The standard InChI is InChI=1S/C22H26N2O6/c1-23(2)10-6-11-24-19(15-13-14(28-3)8-9-16(15)29-4)18(21(26)22(24)27)20(25)17-7-5-12-30-17/h5,7-9,12-13,19,26H,6,10-11H2,1-4H3/t19-/m1/s1. The average molecular weight is 414 g/mol. The van der Waals surface area contributed by atoms with E-state index in [1.807, 2.05) is 19.0 Å². The molecular weight excluding hydrogens is 388 g/mol. The van der Waals surface area contributed by atoms with Crippen molar-refractivity contribution < 1.29 is 28.6 Å². The summed E-state index contributed by atoms with van der Waals surface area (Å²) in [7, 11) is 6.92. The summed E-state index contributed by atoms with van der Waals surface area (Å²) < 4.78 is 16.1. The van der Waals surface area contributed by atoms with Crippen molar-refractivity contribution in [3.8, 4) is 11.5 Å². The molecule has 2 heterocycles. The van der Waals surface area contributed by atoms with Gasteiger partial charge in [-0.15, -0.1) is 0 Å². The summed E-state index contributed by atoms with van der Waals surface area (Å²) in [6.45, 7) is 1.09. The summed E-state index contributed by atoms with van der Waals surface area (Å²) in [5, 5.41) is 10.7. The summed E-state index contributed by atoms with van der Waals surface area (Å²) in [5.41, 5.74) is 0.514. The van der Waals surface area contributed by atoms with Gasteiger partial charge in [0.15, 0.2) is 11.5 Å². The van der Waals surface area contributed by atoms with Crippen LogP contribution in [0.5, 0.6) is 11.5 Å². The van der Waals surface area contributed by atoms with E-state index in [-0.39, 0.29) is 11.3 Å². The molecule has 0 saturated carbocycles. The third-order valence-electron chi connectivity index (χ3n) is 5.03. The molecule has 0 saturated heterocycles. The van der Waals surface area contributed by atoms with Gasteiger partial charge < -0.3 is 28.8 Å². The van der Waals surface area contributed by atoms with Gasteiger partial charge in [0, 0.05) is 12.1 Å². The Morgan fingerprint density at radius 2 is 2.00 bits per heavy atom. The van der Waals surface area contributed by atoms with Crippen LogP contribution in [-0.2, 0) is 4.79 Å². The molecule has 8 nitrogen and oxygen atoms in total. The van der Waals surface area contributed by atoms with Gasteiger partial charge in [-0.3, -0.25) is 9.59 Å². The van der Waals surface area contributed by atoms with Crippen molar-refractivity contribution in [3.05, 3.63) is 59.3 Å². The van der Waals surface area contributed by atoms with Gasteiger partial charge in [0.1, 0.15) is 11.5 Å². The number of aliphatic hydroxyl groups is 1. The average Bonchev–Trinajstić information content (AvgIpc) is 3.35. The normalized spacial score (nSPS) is 16.5. The summed E-state index contributed by atoms with van der Waals surface area (Å²) in [6, 6.07) is 7.40. The number of furan rings is 1. The van der Waals surface area contributed by atoms with Gasteiger partial charge in [0.25, 0.3) is 5.91 Å². The molecule has 1 aliphatic heterocycles. The van der Waals surface area contributed by atoms with Gasteiger partial charge in [-0.2, -0.15) is 0 Å². The zero-order valence-corrected chi connectivity index (χ0v) is 17.5. The molecule has 8 heteroatoms. The molecule has 1 aromatic heterocycles. The van der Waals surface area contributed by atoms with Crippen LogP contribution in [-0.4, -0.2) is 68.0 Å². The number of carbonyl (C=O) groups is 2. The molecule has 160 valence electrons. The fraction of sp³-hybridized carbons (Fsp3) is 0.364. The Bertz CT molecular complexity index is 949. The van der Waals surface area contributed by atoms with Crippen molar-refractivity contribution in [1.29, 1.82) is 0 Å². The lowest BCUT2D eigenvalue weighted by molar-refractivity contribution is -0.129. The first-order valence-electron chi connectivity index (χ1n) is 9.58. The molecule has 0 fully saturated rings. The van der Waals surface area contributed by atoms with Gasteiger partial charge in [0.2, 0.25) is 5.78 Å². The lowest BCUT2D eigenvalue weighted by atomic mass is 9.94. The molecule has 30 heavy (non-hydrogen) atoms. The second kappa shape index (κ2) is 9.04. The second-order valence-electron chi connectivity index (χ2n) is 7.23. The van der Waals surface area contributed by atoms with Crippen molar-refractivity contribution in [2.24, 2.45) is 0 Å². The van der Waals surface area contributed by atoms with Crippen LogP contribution in [0.4, 0.5) is 0 Å². The van der Waals surface area contributed by atoms with Gasteiger partial charge in [0.05, 0.1) is 32.1 Å². The van der Waals surface area contributed by atoms with Crippen LogP contribution in [0, 0.1) is 0 Å². The molecule has 0 bridgehead atoms. The van der Waals surface area contributed by atoms with Gasteiger partial charge in [-0.1, -0.05) is 0 Å². The quantitative estimate of drug-likeness (QED) is 0.631. The first-order chi connectivity index (χ1) is 14.4. The number of carbonyl (C=O) groups excluding carboxylic acids is 2. The molecule has 0 spiro atoms. The van der Waals surface area contributed by atoms with E-state index in [2.05, 4.69) is 0 Å². The molecule has 0 radical (unpaired) electrons. The van der Waals surface area contributed by atoms with Crippen molar-refractivity contribution in [2.45, 2.75) is 12.5 Å². The minimum Gasteiger partial charge on any atom is -0.503 e. The topological polar surface area (TPSA) is 92.4 Å². The van der Waals surface area contributed by atoms with Crippen molar-refractivity contribution in [3.63, 3.8) is 0 Å². The maximum absolute atomic E-state index is 13.2. The van der Waals surface area contributed by atoms with E-state index in [4.69, 9.17) is 13.9 Å². The van der Waals surface area contributed by atoms with Crippen LogP contribution in [0.25, 0.3) is 0 Å². The molecule has 1 N–H and O–H groups in total. The number of ether oxygens (including phenoxy) is 2. The van der Waals surface area contributed by atoms with Crippen LogP contribution in [0.3, 0.4) is 0 Å². The Balaban J connectivity index is 2.10. The molecule has 2 aromatic rings. The molecule has 0 unspecified atom stereocenters. The number of hydrogen-bond donors (Lipinski definition) is 1. The number of amides is 1. The maximum atomic E-state index is 13.2. The van der Waals surface area contributed by atoms with E-state index in [0.29, 0.717) is 30.0 Å². The zero-order chi connectivity index (χ0) is 21.8. The molecule has 1 atom stereocenters. The highest BCUT2D eigenvalue weighted by molar-refractivity contribution is 6.15. The Hall–Kier alpha value is -3.26. The number of rotatable bonds is 9. The smallest absolute Gasteiger partial charge is 0.290 e. The van der Waals surface area contributed by atoms with E-state index in [1.165, 1.54) is 31.4 Å². The predicted octanol–water partition coefficient (Wildman–Crippen LogP) is 2.83. The zero-order valence-electron chi connectivity index (χ0n) is 17.5. The minimum absolute atomic E-state index is 0.0358. The molecule has 3 rings (SSSR count).